The molecule has 24 heavy (non-hydrogen) atoms. The molecule has 0 saturated heterocycles. The number of amides is 1. The Kier molecular flexibility index (Phi) is 4.19. The van der Waals surface area contributed by atoms with Gasteiger partial charge in [-0.3, -0.25) is 4.79 Å². The summed E-state index contributed by atoms with van der Waals surface area (Å²) in [6, 6.07) is 22.2. The van der Waals surface area contributed by atoms with Gasteiger partial charge in [0.2, 0.25) is 5.91 Å². The molecule has 4 aromatic rings. The van der Waals surface area contributed by atoms with E-state index < -0.39 is 0 Å². The fourth-order valence-corrected chi connectivity index (χ4v) is 4.15. The third-order valence-corrected chi connectivity index (χ3v) is 5.59. The third kappa shape index (κ3) is 3.13. The predicted octanol–water partition coefficient (Wildman–Crippen LogP) is 5.18. The van der Waals surface area contributed by atoms with Gasteiger partial charge in [0.1, 0.15) is 0 Å². The molecule has 0 fully saturated rings. The number of thiazole rings is 1. The van der Waals surface area contributed by atoms with Crippen molar-refractivity contribution >= 4 is 55.1 Å². The number of hydrogen-bond donors (Lipinski definition) is 1. The second kappa shape index (κ2) is 6.63. The van der Waals surface area contributed by atoms with Crippen LogP contribution < -0.4 is 5.32 Å². The van der Waals surface area contributed by atoms with E-state index in [2.05, 4.69) is 34.6 Å². The molecule has 118 valence electrons. The zero-order valence-corrected chi connectivity index (χ0v) is 14.4. The number of fused-ring (bicyclic) bond motifs is 3. The number of nitrogens with one attached hydrogen (secondary N) is 1. The Labute approximate surface area is 147 Å². The molecule has 5 heteroatoms. The van der Waals surface area contributed by atoms with Crippen molar-refractivity contribution in [3.05, 3.63) is 66.7 Å². The first-order chi connectivity index (χ1) is 11.8. The Bertz CT molecular complexity index is 1010. The number of carbonyl (C=O) groups excluding carboxylic acids is 1. The Morgan fingerprint density at radius 3 is 2.67 bits per heavy atom. The first kappa shape index (κ1) is 15.2. The van der Waals surface area contributed by atoms with Gasteiger partial charge in [-0.2, -0.15) is 0 Å². The van der Waals surface area contributed by atoms with Gasteiger partial charge < -0.3 is 5.32 Å². The van der Waals surface area contributed by atoms with Crippen LogP contribution in [0.4, 0.5) is 5.13 Å². The lowest BCUT2D eigenvalue weighted by Crippen LogP contribution is -2.13. The Balaban J connectivity index is 1.52. The second-order valence-corrected chi connectivity index (χ2v) is 7.38. The lowest BCUT2D eigenvalue weighted by Gasteiger charge is -2.01. The first-order valence-corrected chi connectivity index (χ1v) is 9.36. The molecule has 1 aromatic heterocycles. The molecule has 0 radical (unpaired) electrons. The quantitative estimate of drug-likeness (QED) is 0.516. The highest BCUT2D eigenvalue weighted by molar-refractivity contribution is 8.00. The molecule has 0 aliphatic carbocycles. The number of aromatic nitrogens is 1. The fraction of sp³-hybridized carbons (Fsp3) is 0.0526. The summed E-state index contributed by atoms with van der Waals surface area (Å²) in [5.74, 6) is 0.341. The van der Waals surface area contributed by atoms with Crippen molar-refractivity contribution < 1.29 is 4.79 Å². The van der Waals surface area contributed by atoms with Crippen molar-refractivity contribution in [1.29, 1.82) is 0 Å². The van der Waals surface area contributed by atoms with Crippen LogP contribution >= 0.6 is 23.1 Å². The molecule has 0 unspecified atom stereocenters. The van der Waals surface area contributed by atoms with E-state index in [1.807, 2.05) is 42.5 Å². The lowest BCUT2D eigenvalue weighted by atomic mass is 10.1. The van der Waals surface area contributed by atoms with Crippen molar-refractivity contribution in [2.45, 2.75) is 4.90 Å². The summed E-state index contributed by atoms with van der Waals surface area (Å²) in [5, 5.41) is 5.84. The van der Waals surface area contributed by atoms with Gasteiger partial charge in [-0.1, -0.05) is 59.9 Å². The second-order valence-electron chi connectivity index (χ2n) is 5.30. The predicted molar refractivity (Wildman–Crippen MR) is 103 cm³/mol. The Hall–Kier alpha value is -2.37. The molecule has 0 aliphatic heterocycles. The van der Waals surface area contributed by atoms with Gasteiger partial charge in [-0.15, -0.1) is 11.8 Å². The van der Waals surface area contributed by atoms with Crippen LogP contribution in [0, 0.1) is 0 Å². The number of nitrogens with zero attached hydrogens (tertiary/aromatic N) is 1. The summed E-state index contributed by atoms with van der Waals surface area (Å²) < 4.78 is 1.08. The molecule has 0 saturated carbocycles. The molecule has 1 heterocycles. The van der Waals surface area contributed by atoms with E-state index in [-0.39, 0.29) is 5.91 Å². The van der Waals surface area contributed by atoms with Crippen LogP contribution in [0.1, 0.15) is 0 Å². The van der Waals surface area contributed by atoms with Crippen LogP contribution in [0.3, 0.4) is 0 Å². The SMILES string of the molecule is O=C(CSc1ccccc1)Nc1nc2c(ccc3ccccc32)s1. The van der Waals surface area contributed by atoms with Gasteiger partial charge in [0.25, 0.3) is 0 Å². The molecule has 0 atom stereocenters. The number of benzene rings is 3. The Morgan fingerprint density at radius 2 is 1.79 bits per heavy atom. The summed E-state index contributed by atoms with van der Waals surface area (Å²) >= 11 is 3.03. The third-order valence-electron chi connectivity index (χ3n) is 3.64. The van der Waals surface area contributed by atoms with E-state index in [1.54, 1.807) is 0 Å². The smallest absolute Gasteiger partial charge is 0.236 e. The average molecular weight is 350 g/mol. The first-order valence-electron chi connectivity index (χ1n) is 7.55. The highest BCUT2D eigenvalue weighted by Crippen LogP contribution is 2.31. The van der Waals surface area contributed by atoms with Crippen LogP contribution in [0.2, 0.25) is 0 Å². The average Bonchev–Trinajstić information content (AvgIpc) is 3.04. The van der Waals surface area contributed by atoms with Gasteiger partial charge >= 0.3 is 0 Å². The minimum absolute atomic E-state index is 0.0350. The topological polar surface area (TPSA) is 42.0 Å². The summed E-state index contributed by atoms with van der Waals surface area (Å²) in [7, 11) is 0. The molecule has 1 N–H and O–H groups in total. The maximum Gasteiger partial charge on any atom is 0.236 e. The molecule has 4 rings (SSSR count). The van der Waals surface area contributed by atoms with Crippen molar-refractivity contribution in [2.24, 2.45) is 0 Å². The summed E-state index contributed by atoms with van der Waals surface area (Å²) in [4.78, 5) is 17.9. The standard InChI is InChI=1S/C19H14N2OS2/c22-17(12-23-14-7-2-1-3-8-14)20-19-21-18-15-9-5-4-6-13(15)10-11-16(18)24-19/h1-11H,12H2,(H,20,21,22). The summed E-state index contributed by atoms with van der Waals surface area (Å²) in [6.45, 7) is 0. The Morgan fingerprint density at radius 1 is 1.00 bits per heavy atom. The van der Waals surface area contributed by atoms with Gasteiger partial charge in [0, 0.05) is 10.3 Å². The maximum atomic E-state index is 12.2. The van der Waals surface area contributed by atoms with E-state index in [1.165, 1.54) is 23.1 Å². The number of hydrogen-bond acceptors (Lipinski definition) is 4. The molecule has 3 aromatic carbocycles. The zero-order valence-electron chi connectivity index (χ0n) is 12.7. The van der Waals surface area contributed by atoms with E-state index in [4.69, 9.17) is 0 Å². The number of carbonyl (C=O) groups is 1. The van der Waals surface area contributed by atoms with Crippen LogP contribution in [0.25, 0.3) is 21.0 Å². The van der Waals surface area contributed by atoms with Crippen LogP contribution in [-0.2, 0) is 4.79 Å². The largest absolute Gasteiger partial charge is 0.301 e. The lowest BCUT2D eigenvalue weighted by molar-refractivity contribution is -0.113. The van der Waals surface area contributed by atoms with Crippen molar-refractivity contribution in [2.75, 3.05) is 11.1 Å². The summed E-state index contributed by atoms with van der Waals surface area (Å²) in [5.41, 5.74) is 0.948. The maximum absolute atomic E-state index is 12.2. The van der Waals surface area contributed by atoms with Gasteiger partial charge in [-0.25, -0.2) is 4.98 Å². The molecule has 0 bridgehead atoms. The molecule has 0 spiro atoms. The highest BCUT2D eigenvalue weighted by Gasteiger charge is 2.10. The van der Waals surface area contributed by atoms with E-state index in [0.717, 1.165) is 25.9 Å². The van der Waals surface area contributed by atoms with Crippen LogP contribution in [0.5, 0.6) is 0 Å². The van der Waals surface area contributed by atoms with E-state index in [9.17, 15) is 4.79 Å². The molecule has 3 nitrogen and oxygen atoms in total. The molecule has 1 amide bonds. The van der Waals surface area contributed by atoms with Gasteiger partial charge in [-0.05, 0) is 23.6 Å². The minimum atomic E-state index is -0.0350. The van der Waals surface area contributed by atoms with Gasteiger partial charge in [0.15, 0.2) is 5.13 Å². The van der Waals surface area contributed by atoms with Crippen molar-refractivity contribution in [3.63, 3.8) is 0 Å². The molecular formula is C19H14N2OS2. The van der Waals surface area contributed by atoms with E-state index in [0.29, 0.717) is 10.9 Å². The van der Waals surface area contributed by atoms with Crippen molar-refractivity contribution in [3.8, 4) is 0 Å². The van der Waals surface area contributed by atoms with Crippen molar-refractivity contribution in [1.82, 2.24) is 4.98 Å². The fourth-order valence-electron chi connectivity index (χ4n) is 2.54. The van der Waals surface area contributed by atoms with E-state index >= 15 is 0 Å². The highest BCUT2D eigenvalue weighted by atomic mass is 32.2. The molecular weight excluding hydrogens is 336 g/mol. The van der Waals surface area contributed by atoms with Gasteiger partial charge in [0.05, 0.1) is 16.0 Å². The minimum Gasteiger partial charge on any atom is -0.301 e. The molecule has 0 aliphatic rings. The monoisotopic (exact) mass is 350 g/mol. The normalized spacial score (nSPS) is 11.0. The summed E-state index contributed by atoms with van der Waals surface area (Å²) in [6.07, 6.45) is 0. The zero-order chi connectivity index (χ0) is 16.4. The van der Waals surface area contributed by atoms with Crippen LogP contribution in [0.15, 0.2) is 71.6 Å². The van der Waals surface area contributed by atoms with Crippen LogP contribution in [-0.4, -0.2) is 16.6 Å². The number of thioether (sulfide) groups is 1. The number of anilines is 1. The number of rotatable bonds is 4.